The zero-order chi connectivity index (χ0) is 15.7. The van der Waals surface area contributed by atoms with Crippen LogP contribution in [0.5, 0.6) is 5.88 Å². The number of fused-ring (bicyclic) bond motifs is 1. The Morgan fingerprint density at radius 2 is 1.90 bits per heavy atom. The molecule has 8 heteroatoms. The molecule has 2 aromatic heterocycles. The molecule has 2 heterocycles. The number of ether oxygens (including phenoxy) is 1. The first-order chi connectivity index (χ1) is 9.81. The molecule has 0 saturated carbocycles. The van der Waals surface area contributed by atoms with Gasteiger partial charge in [-0.15, -0.1) is 0 Å². The molecule has 2 aromatic rings. The van der Waals surface area contributed by atoms with E-state index in [-0.39, 0.29) is 11.9 Å². The summed E-state index contributed by atoms with van der Waals surface area (Å²) < 4.78 is 7.10. The van der Waals surface area contributed by atoms with Crippen LogP contribution >= 0.6 is 0 Å². The van der Waals surface area contributed by atoms with Gasteiger partial charge in [-0.3, -0.25) is 0 Å². The fourth-order valence-corrected chi connectivity index (χ4v) is 1.72. The van der Waals surface area contributed by atoms with Crippen LogP contribution in [0.25, 0.3) is 11.0 Å². The van der Waals surface area contributed by atoms with E-state index < -0.39 is 6.09 Å². The van der Waals surface area contributed by atoms with Crippen molar-refractivity contribution in [3.05, 3.63) is 6.20 Å². The summed E-state index contributed by atoms with van der Waals surface area (Å²) in [6, 6.07) is 0.143. The Balaban J connectivity index is 2.60. The Kier molecular flexibility index (Phi) is 3.97. The molecule has 0 aromatic carbocycles. The lowest BCUT2D eigenvalue weighted by atomic mass is 10.4. The van der Waals surface area contributed by atoms with Crippen LogP contribution in [0.4, 0.5) is 10.7 Å². The maximum Gasteiger partial charge on any atom is 0.416 e. The zero-order valence-electron chi connectivity index (χ0n) is 13.2. The number of carbonyl (C=O) groups is 1. The number of nitrogens with zero attached hydrogens (tertiary/aromatic N) is 6. The van der Waals surface area contributed by atoms with E-state index in [4.69, 9.17) is 4.74 Å². The van der Waals surface area contributed by atoms with Gasteiger partial charge < -0.3 is 14.5 Å². The Bertz CT molecular complexity index is 662. The van der Waals surface area contributed by atoms with Crippen molar-refractivity contribution in [3.63, 3.8) is 0 Å². The van der Waals surface area contributed by atoms with Crippen molar-refractivity contribution in [1.82, 2.24) is 24.6 Å². The SMILES string of the molecule is CC(C)n1ncc2c(OC(=O)N(C)C)nc(N(C)C)nc21. The Morgan fingerprint density at radius 1 is 1.24 bits per heavy atom. The molecule has 0 aliphatic rings. The van der Waals surface area contributed by atoms with Gasteiger partial charge in [-0.2, -0.15) is 15.1 Å². The van der Waals surface area contributed by atoms with Gasteiger partial charge in [0.25, 0.3) is 0 Å². The van der Waals surface area contributed by atoms with Crippen molar-refractivity contribution >= 4 is 23.1 Å². The summed E-state index contributed by atoms with van der Waals surface area (Å²) in [6.45, 7) is 4.02. The number of hydrogen-bond donors (Lipinski definition) is 0. The zero-order valence-corrected chi connectivity index (χ0v) is 13.2. The van der Waals surface area contributed by atoms with Crippen LogP contribution in [0.1, 0.15) is 19.9 Å². The molecule has 0 fully saturated rings. The maximum absolute atomic E-state index is 11.8. The highest BCUT2D eigenvalue weighted by atomic mass is 16.6. The third-order valence-electron chi connectivity index (χ3n) is 2.85. The van der Waals surface area contributed by atoms with Gasteiger partial charge in [0.05, 0.1) is 6.20 Å². The highest BCUT2D eigenvalue weighted by Crippen LogP contribution is 2.26. The third-order valence-corrected chi connectivity index (χ3v) is 2.85. The van der Waals surface area contributed by atoms with Crippen molar-refractivity contribution in [1.29, 1.82) is 0 Å². The average molecular weight is 292 g/mol. The van der Waals surface area contributed by atoms with Gasteiger partial charge in [-0.25, -0.2) is 9.48 Å². The van der Waals surface area contributed by atoms with Crippen LogP contribution in [-0.2, 0) is 0 Å². The van der Waals surface area contributed by atoms with E-state index in [1.54, 1.807) is 29.9 Å². The molecule has 0 radical (unpaired) electrons. The lowest BCUT2D eigenvalue weighted by Crippen LogP contribution is -2.26. The number of carbonyl (C=O) groups excluding carboxylic acids is 1. The molecule has 0 bridgehead atoms. The molecular formula is C13H20N6O2. The number of anilines is 1. The molecule has 0 unspecified atom stereocenters. The smallest absolute Gasteiger partial charge is 0.390 e. The Morgan fingerprint density at radius 3 is 2.43 bits per heavy atom. The molecular weight excluding hydrogens is 272 g/mol. The fourth-order valence-electron chi connectivity index (χ4n) is 1.72. The second-order valence-corrected chi connectivity index (χ2v) is 5.41. The summed E-state index contributed by atoms with van der Waals surface area (Å²) >= 11 is 0. The third kappa shape index (κ3) is 2.88. The van der Waals surface area contributed by atoms with Gasteiger partial charge in [0, 0.05) is 34.2 Å². The minimum atomic E-state index is -0.489. The normalized spacial score (nSPS) is 11.0. The largest absolute Gasteiger partial charge is 0.416 e. The highest BCUT2D eigenvalue weighted by Gasteiger charge is 2.19. The number of rotatable bonds is 3. The van der Waals surface area contributed by atoms with Crippen LogP contribution in [-0.4, -0.2) is 58.9 Å². The molecule has 21 heavy (non-hydrogen) atoms. The number of amides is 1. The van der Waals surface area contributed by atoms with E-state index in [1.165, 1.54) is 4.90 Å². The minimum absolute atomic E-state index is 0.143. The number of aromatic nitrogens is 4. The van der Waals surface area contributed by atoms with Crippen LogP contribution < -0.4 is 9.64 Å². The molecule has 2 rings (SSSR count). The van der Waals surface area contributed by atoms with E-state index in [0.717, 1.165) is 0 Å². The highest BCUT2D eigenvalue weighted by molar-refractivity contribution is 5.84. The van der Waals surface area contributed by atoms with Gasteiger partial charge in [-0.1, -0.05) is 0 Å². The molecule has 0 aliphatic heterocycles. The molecule has 0 atom stereocenters. The quantitative estimate of drug-likeness (QED) is 0.854. The number of hydrogen-bond acceptors (Lipinski definition) is 6. The Labute approximate surface area is 123 Å². The van der Waals surface area contributed by atoms with Gasteiger partial charge in [0.1, 0.15) is 5.39 Å². The summed E-state index contributed by atoms with van der Waals surface area (Å²) in [7, 11) is 6.89. The van der Waals surface area contributed by atoms with Crippen LogP contribution in [0.15, 0.2) is 6.20 Å². The fraction of sp³-hybridized carbons (Fsp3) is 0.538. The lowest BCUT2D eigenvalue weighted by Gasteiger charge is -2.15. The van der Waals surface area contributed by atoms with E-state index in [9.17, 15) is 4.79 Å². The van der Waals surface area contributed by atoms with Gasteiger partial charge in [-0.05, 0) is 13.8 Å². The van der Waals surface area contributed by atoms with Crippen LogP contribution in [0.2, 0.25) is 0 Å². The first-order valence-corrected chi connectivity index (χ1v) is 6.63. The summed E-state index contributed by atoms with van der Waals surface area (Å²) in [5.41, 5.74) is 0.644. The Hall–Kier alpha value is -2.38. The molecule has 0 N–H and O–H groups in total. The average Bonchev–Trinajstić information content (AvgIpc) is 2.82. The first-order valence-electron chi connectivity index (χ1n) is 6.63. The summed E-state index contributed by atoms with van der Waals surface area (Å²) in [5, 5.41) is 4.91. The minimum Gasteiger partial charge on any atom is -0.390 e. The van der Waals surface area contributed by atoms with Crippen molar-refractivity contribution in [2.45, 2.75) is 19.9 Å². The topological polar surface area (TPSA) is 76.4 Å². The van der Waals surface area contributed by atoms with Gasteiger partial charge in [0.2, 0.25) is 11.8 Å². The predicted molar refractivity (Wildman–Crippen MR) is 79.7 cm³/mol. The molecule has 0 spiro atoms. The monoisotopic (exact) mass is 292 g/mol. The van der Waals surface area contributed by atoms with E-state index in [2.05, 4.69) is 15.1 Å². The summed E-state index contributed by atoms with van der Waals surface area (Å²) in [5.74, 6) is 0.681. The molecule has 1 amide bonds. The molecule has 0 saturated heterocycles. The van der Waals surface area contributed by atoms with Crippen LogP contribution in [0, 0.1) is 0 Å². The second-order valence-electron chi connectivity index (χ2n) is 5.41. The molecule has 114 valence electrons. The van der Waals surface area contributed by atoms with Gasteiger partial charge in [0.15, 0.2) is 5.65 Å². The van der Waals surface area contributed by atoms with E-state index in [0.29, 0.717) is 17.0 Å². The van der Waals surface area contributed by atoms with Crippen LogP contribution in [0.3, 0.4) is 0 Å². The van der Waals surface area contributed by atoms with E-state index >= 15 is 0 Å². The standard InChI is InChI=1S/C13H20N6O2/c1-8(2)19-10-9(7-14-19)11(21-13(20)18(5)6)16-12(15-10)17(3)4/h7-8H,1-6H3. The van der Waals surface area contributed by atoms with Gasteiger partial charge >= 0.3 is 6.09 Å². The van der Waals surface area contributed by atoms with Crippen molar-refractivity contribution in [2.75, 3.05) is 33.1 Å². The molecule has 0 aliphatic carbocycles. The van der Waals surface area contributed by atoms with Crippen molar-refractivity contribution in [2.24, 2.45) is 0 Å². The van der Waals surface area contributed by atoms with Crippen molar-refractivity contribution < 1.29 is 9.53 Å². The van der Waals surface area contributed by atoms with Crippen molar-refractivity contribution in [3.8, 4) is 5.88 Å². The van der Waals surface area contributed by atoms with E-state index in [1.807, 2.05) is 27.9 Å². The predicted octanol–water partition coefficient (Wildman–Crippen LogP) is 1.53. The second kappa shape index (κ2) is 5.55. The summed E-state index contributed by atoms with van der Waals surface area (Å²) in [4.78, 5) is 23.6. The lowest BCUT2D eigenvalue weighted by molar-refractivity contribution is 0.170. The summed E-state index contributed by atoms with van der Waals surface area (Å²) in [6.07, 6.45) is 1.13. The molecule has 8 nitrogen and oxygen atoms in total. The maximum atomic E-state index is 11.8. The first kappa shape index (κ1) is 15.0.